The van der Waals surface area contributed by atoms with Gasteiger partial charge in [-0.15, -0.1) is 0 Å². The lowest BCUT2D eigenvalue weighted by atomic mass is 9.98. The number of hydrogen-bond acceptors (Lipinski definition) is 2. The summed E-state index contributed by atoms with van der Waals surface area (Å²) in [5.74, 6) is -1.69. The molecule has 0 bridgehead atoms. The average molecular weight is 338 g/mol. The number of carbonyl (C=O) groups is 2. The van der Waals surface area contributed by atoms with Crippen molar-refractivity contribution in [2.75, 3.05) is 5.32 Å². The number of H-pyrrole nitrogens is 1. The lowest BCUT2D eigenvalue weighted by Gasteiger charge is -2.16. The second kappa shape index (κ2) is 6.51. The third-order valence-electron chi connectivity index (χ3n) is 4.26. The molecule has 3 rings (SSSR count). The molecule has 0 radical (unpaired) electrons. The van der Waals surface area contributed by atoms with Crippen molar-refractivity contribution < 1.29 is 14.0 Å². The van der Waals surface area contributed by atoms with Gasteiger partial charge in [0.2, 0.25) is 0 Å². The maximum absolute atomic E-state index is 13.5. The number of nitrogens with one attached hydrogen (secondary N) is 2. The van der Waals surface area contributed by atoms with Gasteiger partial charge in [0.05, 0.1) is 5.56 Å². The topological polar surface area (TPSA) is 62.0 Å². The van der Waals surface area contributed by atoms with Crippen LogP contribution >= 0.6 is 0 Å². The van der Waals surface area contributed by atoms with E-state index in [9.17, 15) is 14.0 Å². The van der Waals surface area contributed by atoms with Gasteiger partial charge in [0.1, 0.15) is 5.82 Å². The zero-order valence-corrected chi connectivity index (χ0v) is 14.3. The van der Waals surface area contributed by atoms with Crippen molar-refractivity contribution in [1.82, 2.24) is 4.98 Å². The van der Waals surface area contributed by atoms with Crippen LogP contribution in [-0.4, -0.2) is 16.7 Å². The minimum absolute atomic E-state index is 0.159. The molecule has 0 aliphatic rings. The van der Waals surface area contributed by atoms with Crippen molar-refractivity contribution >= 4 is 28.3 Å². The summed E-state index contributed by atoms with van der Waals surface area (Å²) in [6, 6.07) is 9.82. The molecule has 5 heteroatoms. The van der Waals surface area contributed by atoms with Gasteiger partial charge in [0, 0.05) is 22.8 Å². The van der Waals surface area contributed by atoms with E-state index in [4.69, 9.17) is 0 Å². The lowest BCUT2D eigenvalue weighted by Crippen LogP contribution is -2.24. The number of fused-ring (bicyclic) bond motifs is 1. The van der Waals surface area contributed by atoms with Crippen LogP contribution in [0.15, 0.2) is 42.6 Å². The van der Waals surface area contributed by atoms with Gasteiger partial charge >= 0.3 is 0 Å². The first kappa shape index (κ1) is 16.9. The van der Waals surface area contributed by atoms with Gasteiger partial charge in [0.15, 0.2) is 0 Å². The Hall–Kier alpha value is -2.95. The Balaban J connectivity index is 1.94. The largest absolute Gasteiger partial charge is 0.360 e. The number of aromatic nitrogens is 1. The van der Waals surface area contributed by atoms with Crippen molar-refractivity contribution in [1.29, 1.82) is 0 Å². The number of carbonyl (C=O) groups excluding carboxylic acids is 2. The highest BCUT2D eigenvalue weighted by molar-refractivity contribution is 6.48. The fourth-order valence-electron chi connectivity index (χ4n) is 2.92. The maximum atomic E-state index is 13.5. The molecule has 0 fully saturated rings. The van der Waals surface area contributed by atoms with Crippen molar-refractivity contribution in [2.45, 2.75) is 26.7 Å². The summed E-state index contributed by atoms with van der Waals surface area (Å²) in [5, 5.41) is 3.13. The molecule has 0 saturated heterocycles. The summed E-state index contributed by atoms with van der Waals surface area (Å²) in [5.41, 5.74) is 3.27. The van der Waals surface area contributed by atoms with E-state index in [0.717, 1.165) is 11.1 Å². The van der Waals surface area contributed by atoms with Crippen LogP contribution in [0.4, 0.5) is 10.1 Å². The Morgan fingerprint density at radius 2 is 1.92 bits per heavy atom. The van der Waals surface area contributed by atoms with E-state index in [0.29, 0.717) is 16.6 Å². The highest BCUT2D eigenvalue weighted by atomic mass is 19.1. The molecule has 25 heavy (non-hydrogen) atoms. The first-order valence-electron chi connectivity index (χ1n) is 8.10. The molecule has 0 aliphatic heterocycles. The zero-order chi connectivity index (χ0) is 18.1. The number of anilines is 1. The molecule has 3 aromatic rings. The normalized spacial score (nSPS) is 11.1. The van der Waals surface area contributed by atoms with E-state index in [2.05, 4.69) is 10.3 Å². The monoisotopic (exact) mass is 338 g/mol. The number of halogens is 1. The molecule has 2 aromatic carbocycles. The van der Waals surface area contributed by atoms with Crippen molar-refractivity contribution in [3.63, 3.8) is 0 Å². The maximum Gasteiger partial charge on any atom is 0.296 e. The van der Waals surface area contributed by atoms with E-state index in [1.807, 2.05) is 39.0 Å². The van der Waals surface area contributed by atoms with E-state index in [1.165, 1.54) is 24.4 Å². The first-order chi connectivity index (χ1) is 11.9. The Labute approximate surface area is 145 Å². The minimum atomic E-state index is -0.735. The highest BCUT2D eigenvalue weighted by Crippen LogP contribution is 2.28. The van der Waals surface area contributed by atoms with Crippen molar-refractivity contribution in [3.05, 3.63) is 65.1 Å². The van der Waals surface area contributed by atoms with E-state index in [1.54, 1.807) is 0 Å². The molecule has 128 valence electrons. The van der Waals surface area contributed by atoms with Gasteiger partial charge in [-0.25, -0.2) is 4.39 Å². The van der Waals surface area contributed by atoms with E-state index < -0.39 is 17.5 Å². The summed E-state index contributed by atoms with van der Waals surface area (Å²) in [6.45, 7) is 5.93. The number of Topliss-reactive ketones (excluding diaryl/α,β-unsaturated/α-hetero) is 1. The van der Waals surface area contributed by atoms with Gasteiger partial charge in [-0.1, -0.05) is 32.0 Å². The molecule has 0 aliphatic carbocycles. The van der Waals surface area contributed by atoms with Crippen LogP contribution in [0, 0.1) is 12.7 Å². The predicted molar refractivity (Wildman–Crippen MR) is 96.5 cm³/mol. The Kier molecular flexibility index (Phi) is 4.40. The zero-order valence-electron chi connectivity index (χ0n) is 14.3. The van der Waals surface area contributed by atoms with Gasteiger partial charge in [-0.2, -0.15) is 0 Å². The summed E-state index contributed by atoms with van der Waals surface area (Å²) in [6.07, 6.45) is 1.44. The number of aromatic amines is 1. The third-order valence-corrected chi connectivity index (χ3v) is 4.26. The Bertz CT molecular complexity index is 973. The van der Waals surface area contributed by atoms with Crippen LogP contribution in [0.25, 0.3) is 10.9 Å². The molecule has 0 atom stereocenters. The molecular formula is C20H19FN2O2. The first-order valence-corrected chi connectivity index (χ1v) is 8.10. The summed E-state index contributed by atoms with van der Waals surface area (Å²) >= 11 is 0. The molecule has 4 nitrogen and oxygen atoms in total. The smallest absolute Gasteiger partial charge is 0.296 e. The van der Waals surface area contributed by atoms with Crippen LogP contribution < -0.4 is 5.32 Å². The number of rotatable bonds is 4. The third kappa shape index (κ3) is 3.18. The van der Waals surface area contributed by atoms with Crippen LogP contribution in [0.2, 0.25) is 0 Å². The Morgan fingerprint density at radius 1 is 1.16 bits per heavy atom. The molecule has 0 saturated carbocycles. The fourth-order valence-corrected chi connectivity index (χ4v) is 2.92. The quantitative estimate of drug-likeness (QED) is 0.541. The number of para-hydroxylation sites is 1. The molecule has 1 aromatic heterocycles. The minimum Gasteiger partial charge on any atom is -0.360 e. The van der Waals surface area contributed by atoms with Gasteiger partial charge < -0.3 is 10.3 Å². The summed E-state index contributed by atoms with van der Waals surface area (Å²) < 4.78 is 13.5. The lowest BCUT2D eigenvalue weighted by molar-refractivity contribution is -0.112. The number of aryl methyl sites for hydroxylation is 1. The second-order valence-electron chi connectivity index (χ2n) is 6.37. The standard InChI is InChI=1S/C20H19FN2O2/c1-11(2)14-6-4-5-12(3)18(14)23-20(25)19(24)16-10-22-17-8-7-13(21)9-15(16)17/h4-11,22H,1-3H3,(H,23,25). The molecule has 0 unspecified atom stereocenters. The number of ketones is 1. The number of hydrogen-bond donors (Lipinski definition) is 2. The van der Waals surface area contributed by atoms with Crippen LogP contribution in [0.3, 0.4) is 0 Å². The van der Waals surface area contributed by atoms with Crippen molar-refractivity contribution in [2.24, 2.45) is 0 Å². The fraction of sp³-hybridized carbons (Fsp3) is 0.200. The summed E-state index contributed by atoms with van der Waals surface area (Å²) in [4.78, 5) is 28.0. The van der Waals surface area contributed by atoms with Gasteiger partial charge in [-0.05, 0) is 42.2 Å². The van der Waals surface area contributed by atoms with Gasteiger partial charge in [0.25, 0.3) is 11.7 Å². The van der Waals surface area contributed by atoms with E-state index >= 15 is 0 Å². The van der Waals surface area contributed by atoms with E-state index in [-0.39, 0.29) is 11.5 Å². The molecule has 1 amide bonds. The summed E-state index contributed by atoms with van der Waals surface area (Å²) in [7, 11) is 0. The molecular weight excluding hydrogens is 319 g/mol. The second-order valence-corrected chi connectivity index (χ2v) is 6.37. The highest BCUT2D eigenvalue weighted by Gasteiger charge is 2.22. The molecule has 0 spiro atoms. The van der Waals surface area contributed by atoms with Crippen LogP contribution in [0.1, 0.15) is 41.3 Å². The SMILES string of the molecule is Cc1cccc(C(C)C)c1NC(=O)C(=O)c1c[nH]c2ccc(F)cc12. The number of benzene rings is 2. The van der Waals surface area contributed by atoms with Crippen molar-refractivity contribution in [3.8, 4) is 0 Å². The Morgan fingerprint density at radius 3 is 2.64 bits per heavy atom. The van der Waals surface area contributed by atoms with Gasteiger partial charge in [-0.3, -0.25) is 9.59 Å². The number of amides is 1. The van der Waals surface area contributed by atoms with Crippen LogP contribution in [0.5, 0.6) is 0 Å². The van der Waals surface area contributed by atoms with Crippen LogP contribution in [-0.2, 0) is 4.79 Å². The molecule has 1 heterocycles. The molecule has 2 N–H and O–H groups in total. The predicted octanol–water partition coefficient (Wildman–Crippen LogP) is 4.56. The average Bonchev–Trinajstić information content (AvgIpc) is 2.98.